The molecule has 40 heavy (non-hydrogen) atoms. The Balaban J connectivity index is 0.000000246. The zero-order valence-electron chi connectivity index (χ0n) is 22.5. The summed E-state index contributed by atoms with van der Waals surface area (Å²) in [5.74, 6) is 0. The molecule has 6 aromatic carbocycles. The SMILES string of the molecule is C[Si](C)=[Zr+2].[Cl-].[Cl-].c1ccc(-c2cc3c(-c4cnc5ccccc5c4)cccc3[cH-]2)cc1.c1ccc2[cH-]ccc2c1. The maximum atomic E-state index is 4.63. The van der Waals surface area contributed by atoms with Crippen molar-refractivity contribution in [1.82, 2.24) is 4.98 Å². The molecule has 1 heterocycles. The summed E-state index contributed by atoms with van der Waals surface area (Å²) in [7, 11) is 0. The molecule has 0 fully saturated rings. The van der Waals surface area contributed by atoms with Crippen LogP contribution >= 0.6 is 0 Å². The van der Waals surface area contributed by atoms with Crippen LogP contribution in [0.5, 0.6) is 0 Å². The van der Waals surface area contributed by atoms with Crippen LogP contribution in [0, 0.1) is 0 Å². The van der Waals surface area contributed by atoms with Crippen LogP contribution in [0.3, 0.4) is 0 Å². The van der Waals surface area contributed by atoms with Crippen molar-refractivity contribution < 1.29 is 48.1 Å². The number of nitrogens with zero attached hydrogens (tertiary/aromatic N) is 1. The summed E-state index contributed by atoms with van der Waals surface area (Å²) >= 11 is 1.74. The van der Waals surface area contributed by atoms with Crippen molar-refractivity contribution in [2.75, 3.05) is 0 Å². The molecular weight excluding hydrogens is 625 g/mol. The molecule has 0 atom stereocenters. The molecule has 5 heteroatoms. The first-order valence-corrected chi connectivity index (χ1v) is 19.0. The number of fused-ring (bicyclic) bond motifs is 3. The smallest absolute Gasteiger partial charge is 0.0702 e. The summed E-state index contributed by atoms with van der Waals surface area (Å²) < 4.78 is 0. The van der Waals surface area contributed by atoms with E-state index in [2.05, 4.69) is 145 Å². The third-order valence-electron chi connectivity index (χ3n) is 6.31. The molecule has 0 N–H and O–H groups in total. The van der Waals surface area contributed by atoms with Gasteiger partial charge in [0, 0.05) is 11.6 Å². The molecule has 0 spiro atoms. The van der Waals surface area contributed by atoms with Gasteiger partial charge >= 0.3 is 41.9 Å². The van der Waals surface area contributed by atoms with Gasteiger partial charge in [-0.25, -0.2) is 0 Å². The average Bonchev–Trinajstić information content (AvgIpc) is 3.61. The molecule has 0 unspecified atom stereocenters. The third kappa shape index (κ3) is 7.89. The third-order valence-corrected chi connectivity index (χ3v) is 6.31. The van der Waals surface area contributed by atoms with Crippen molar-refractivity contribution in [2.24, 2.45) is 0 Å². The van der Waals surface area contributed by atoms with Crippen LogP contribution in [0.2, 0.25) is 13.1 Å². The molecule has 0 saturated carbocycles. The second-order valence-electron chi connectivity index (χ2n) is 9.49. The monoisotopic (exact) mass is 651 g/mol. The molecular formula is C35H29Cl2NSiZr-2. The fraction of sp³-hybridized carbons (Fsp3) is 0.0571. The van der Waals surface area contributed by atoms with E-state index in [4.69, 9.17) is 0 Å². The second-order valence-corrected chi connectivity index (χ2v) is 18.9. The fourth-order valence-electron chi connectivity index (χ4n) is 4.57. The molecule has 7 rings (SSSR count). The summed E-state index contributed by atoms with van der Waals surface area (Å²) in [6, 6.07) is 46.7. The molecule has 198 valence electrons. The Kier molecular flexibility index (Phi) is 12.1. The molecule has 0 aliphatic carbocycles. The number of rotatable bonds is 2. The van der Waals surface area contributed by atoms with Crippen molar-refractivity contribution in [3.8, 4) is 22.3 Å². The van der Waals surface area contributed by atoms with Gasteiger partial charge in [0.15, 0.2) is 0 Å². The van der Waals surface area contributed by atoms with Gasteiger partial charge < -0.3 is 24.8 Å². The van der Waals surface area contributed by atoms with E-state index < -0.39 is 0 Å². The van der Waals surface area contributed by atoms with E-state index in [0.29, 0.717) is 0 Å². The Morgan fingerprint density at radius 1 is 0.650 bits per heavy atom. The van der Waals surface area contributed by atoms with E-state index in [9.17, 15) is 0 Å². The van der Waals surface area contributed by atoms with Gasteiger partial charge in [-0.15, -0.1) is 64.2 Å². The molecule has 0 aliphatic rings. The average molecular weight is 654 g/mol. The Morgan fingerprint density at radius 2 is 1.30 bits per heavy atom. The first kappa shape index (κ1) is 31.7. The van der Waals surface area contributed by atoms with Crippen LogP contribution in [-0.2, 0) is 23.3 Å². The summed E-state index contributed by atoms with van der Waals surface area (Å²) in [6.07, 6.45) is 1.98. The number of hydrogen-bond acceptors (Lipinski definition) is 1. The minimum absolute atomic E-state index is 0. The number of hydrogen-bond donors (Lipinski definition) is 0. The molecule has 0 radical (unpaired) electrons. The van der Waals surface area contributed by atoms with Crippen LogP contribution in [0.25, 0.3) is 54.7 Å². The Labute approximate surface area is 264 Å². The van der Waals surface area contributed by atoms with Crippen molar-refractivity contribution in [2.45, 2.75) is 13.1 Å². The van der Waals surface area contributed by atoms with E-state index >= 15 is 0 Å². The minimum Gasteiger partial charge on any atom is -1.00 e. The van der Waals surface area contributed by atoms with E-state index in [0.717, 1.165) is 11.1 Å². The van der Waals surface area contributed by atoms with Gasteiger partial charge in [0.05, 0.1) is 5.52 Å². The van der Waals surface area contributed by atoms with Gasteiger partial charge in [0.2, 0.25) is 0 Å². The summed E-state index contributed by atoms with van der Waals surface area (Å²) in [4.78, 5) is 4.63. The molecule has 7 aromatic rings. The fourth-order valence-corrected chi connectivity index (χ4v) is 4.57. The van der Waals surface area contributed by atoms with Crippen molar-refractivity contribution >= 4 is 37.9 Å². The summed E-state index contributed by atoms with van der Waals surface area (Å²) in [5.41, 5.74) is 6.15. The number of para-hydroxylation sites is 1. The number of pyridine rings is 1. The zero-order valence-corrected chi connectivity index (χ0v) is 27.5. The van der Waals surface area contributed by atoms with Gasteiger partial charge in [-0.05, 0) is 17.7 Å². The van der Waals surface area contributed by atoms with Gasteiger partial charge in [-0.3, -0.25) is 4.98 Å². The Bertz CT molecular complexity index is 1790. The first-order chi connectivity index (χ1) is 18.6. The molecule has 0 saturated heterocycles. The molecule has 1 aromatic heterocycles. The predicted octanol–water partition coefficient (Wildman–Crippen LogP) is 3.79. The maximum Gasteiger partial charge on any atom is 0.0702 e. The molecule has 0 aliphatic heterocycles. The Morgan fingerprint density at radius 3 is 2.05 bits per heavy atom. The number of benzene rings is 4. The molecule has 0 amide bonds. The topological polar surface area (TPSA) is 12.9 Å². The second kappa shape index (κ2) is 15.3. The van der Waals surface area contributed by atoms with E-state index in [1.54, 1.807) is 23.3 Å². The van der Waals surface area contributed by atoms with E-state index in [-0.39, 0.29) is 30.2 Å². The standard InChI is InChI=1S/C24H16N.C9H7.C2H6Si.2ClH.Zr/c1-2-7-17(8-3-1)20-13-18-10-6-11-22(23(18)15-20)21-14-19-9-4-5-12-24(19)25-16-21;1-2-5-9-7-3-6-8(9)4-1;1-3-2;;;/h1-16H;1-7H;1-2H3;2*1H;/q2*-1;;;;+2/p-2. The van der Waals surface area contributed by atoms with Gasteiger partial charge in [0.1, 0.15) is 0 Å². The Hall–Kier alpha value is -2.81. The summed E-state index contributed by atoms with van der Waals surface area (Å²) in [6.45, 7) is 4.62. The van der Waals surface area contributed by atoms with Gasteiger partial charge in [0.25, 0.3) is 0 Å². The van der Waals surface area contributed by atoms with Gasteiger partial charge in [-0.1, -0.05) is 77.9 Å². The molecule has 1 nitrogen and oxygen atoms in total. The number of aromatic nitrogens is 1. The van der Waals surface area contributed by atoms with Crippen molar-refractivity contribution in [3.63, 3.8) is 0 Å². The van der Waals surface area contributed by atoms with Crippen LogP contribution in [0.15, 0.2) is 140 Å². The van der Waals surface area contributed by atoms with Crippen LogP contribution < -0.4 is 24.8 Å². The van der Waals surface area contributed by atoms with Crippen molar-refractivity contribution in [1.29, 1.82) is 0 Å². The van der Waals surface area contributed by atoms with E-state index in [1.165, 1.54) is 43.6 Å². The van der Waals surface area contributed by atoms with Crippen LogP contribution in [0.1, 0.15) is 0 Å². The maximum absolute atomic E-state index is 4.63. The normalized spacial score (nSPS) is 10.0. The van der Waals surface area contributed by atoms with Gasteiger partial charge in [-0.2, -0.15) is 17.5 Å². The zero-order chi connectivity index (χ0) is 26.3. The number of halogens is 2. The largest absolute Gasteiger partial charge is 1.00 e. The minimum atomic E-state index is 0. The van der Waals surface area contributed by atoms with Crippen LogP contribution in [-0.4, -0.2) is 10.4 Å². The molecule has 0 bridgehead atoms. The predicted molar refractivity (Wildman–Crippen MR) is 163 cm³/mol. The van der Waals surface area contributed by atoms with Crippen LogP contribution in [0.4, 0.5) is 0 Å². The summed E-state index contributed by atoms with van der Waals surface area (Å²) in [5, 5.41) is 6.38. The first-order valence-electron chi connectivity index (χ1n) is 12.8. The quantitative estimate of drug-likeness (QED) is 0.205. The van der Waals surface area contributed by atoms with Crippen molar-refractivity contribution in [3.05, 3.63) is 140 Å². The van der Waals surface area contributed by atoms with E-state index in [1.807, 2.05) is 12.3 Å².